The molecule has 0 radical (unpaired) electrons. The number of fused-ring (bicyclic) bond motifs is 1. The molecule has 2 heterocycles. The molecule has 154 valence electrons. The van der Waals surface area contributed by atoms with Crippen LogP contribution in [0.3, 0.4) is 0 Å². The van der Waals surface area contributed by atoms with Gasteiger partial charge in [0.2, 0.25) is 10.0 Å². The Bertz CT molecular complexity index is 1140. The standard InChI is InChI=1S/C19H18F3N3O3S/c20-19(21,22)17-10-14-13(8-9-23-18(14)24-17)11-4-6-12(7-5-11)29(27,28)25-15-2-1-3-16(15)26/h4-10,15-16,25-26H,1-3H2,(H,23,24)/t15-,16-/m1/s1. The minimum Gasteiger partial charge on any atom is -0.391 e. The number of hydrogen-bond donors (Lipinski definition) is 3. The first-order valence-corrected chi connectivity index (χ1v) is 10.5. The summed E-state index contributed by atoms with van der Waals surface area (Å²) in [6.07, 6.45) is -1.95. The second-order valence-electron chi connectivity index (χ2n) is 7.05. The van der Waals surface area contributed by atoms with Crippen LogP contribution in [0.25, 0.3) is 22.2 Å². The van der Waals surface area contributed by atoms with Crippen LogP contribution in [0.5, 0.6) is 0 Å². The quantitative estimate of drug-likeness (QED) is 0.597. The maximum atomic E-state index is 13.0. The average molecular weight is 425 g/mol. The number of alkyl halides is 3. The maximum absolute atomic E-state index is 13.0. The van der Waals surface area contributed by atoms with Crippen molar-refractivity contribution in [2.75, 3.05) is 0 Å². The Labute approximate surface area is 164 Å². The molecule has 1 aliphatic carbocycles. The Balaban J connectivity index is 1.65. The molecule has 0 spiro atoms. The van der Waals surface area contributed by atoms with E-state index in [1.54, 1.807) is 6.07 Å². The molecule has 1 aromatic carbocycles. The van der Waals surface area contributed by atoms with E-state index in [1.807, 2.05) is 0 Å². The molecule has 4 rings (SSSR count). The number of H-pyrrole nitrogens is 1. The predicted molar refractivity (Wildman–Crippen MR) is 100 cm³/mol. The van der Waals surface area contributed by atoms with E-state index in [9.17, 15) is 26.7 Å². The topological polar surface area (TPSA) is 95.1 Å². The fourth-order valence-electron chi connectivity index (χ4n) is 3.59. The molecule has 1 fully saturated rings. The van der Waals surface area contributed by atoms with Gasteiger partial charge in [-0.1, -0.05) is 12.1 Å². The molecule has 0 aliphatic heterocycles. The van der Waals surface area contributed by atoms with E-state index in [2.05, 4.69) is 14.7 Å². The van der Waals surface area contributed by atoms with E-state index in [1.165, 1.54) is 30.5 Å². The average Bonchev–Trinajstić information content (AvgIpc) is 3.27. The van der Waals surface area contributed by atoms with Gasteiger partial charge in [0.1, 0.15) is 11.3 Å². The third-order valence-corrected chi connectivity index (χ3v) is 6.60. The van der Waals surface area contributed by atoms with Crippen molar-refractivity contribution in [1.29, 1.82) is 0 Å². The summed E-state index contributed by atoms with van der Waals surface area (Å²) in [5, 5.41) is 10.1. The number of aliphatic hydroxyl groups excluding tert-OH is 1. The molecule has 2 aromatic heterocycles. The van der Waals surface area contributed by atoms with Gasteiger partial charge < -0.3 is 10.1 Å². The first kappa shape index (κ1) is 19.9. The highest BCUT2D eigenvalue weighted by molar-refractivity contribution is 7.89. The zero-order chi connectivity index (χ0) is 20.8. The number of halogens is 3. The van der Waals surface area contributed by atoms with Crippen LogP contribution >= 0.6 is 0 Å². The van der Waals surface area contributed by atoms with Gasteiger partial charge in [0, 0.05) is 17.6 Å². The second kappa shape index (κ2) is 7.12. The molecule has 0 amide bonds. The number of aromatic nitrogens is 2. The summed E-state index contributed by atoms with van der Waals surface area (Å²) < 4.78 is 66.6. The molecule has 1 aliphatic rings. The first-order valence-electron chi connectivity index (χ1n) is 9.01. The molecule has 0 bridgehead atoms. The Morgan fingerprint density at radius 3 is 2.48 bits per heavy atom. The summed E-state index contributed by atoms with van der Waals surface area (Å²) >= 11 is 0. The van der Waals surface area contributed by atoms with Gasteiger partial charge in [0.25, 0.3) is 0 Å². The molecule has 0 unspecified atom stereocenters. The Morgan fingerprint density at radius 1 is 1.14 bits per heavy atom. The van der Waals surface area contributed by atoms with Crippen LogP contribution in [-0.2, 0) is 16.2 Å². The highest BCUT2D eigenvalue weighted by Crippen LogP contribution is 2.34. The molecule has 2 atom stereocenters. The monoisotopic (exact) mass is 425 g/mol. The zero-order valence-electron chi connectivity index (χ0n) is 15.1. The lowest BCUT2D eigenvalue weighted by atomic mass is 10.0. The van der Waals surface area contributed by atoms with Crippen molar-refractivity contribution in [3.8, 4) is 11.1 Å². The minimum atomic E-state index is -4.52. The number of hydrogen-bond acceptors (Lipinski definition) is 4. The van der Waals surface area contributed by atoms with Gasteiger partial charge in [-0.15, -0.1) is 0 Å². The van der Waals surface area contributed by atoms with E-state index >= 15 is 0 Å². The molecule has 10 heteroatoms. The van der Waals surface area contributed by atoms with Crippen LogP contribution in [-0.4, -0.2) is 35.6 Å². The lowest BCUT2D eigenvalue weighted by Crippen LogP contribution is -2.39. The molecule has 3 aromatic rings. The van der Waals surface area contributed by atoms with Crippen LogP contribution in [0.2, 0.25) is 0 Å². The highest BCUT2D eigenvalue weighted by atomic mass is 32.2. The van der Waals surface area contributed by atoms with Crippen molar-refractivity contribution in [2.24, 2.45) is 0 Å². The number of sulfonamides is 1. The zero-order valence-corrected chi connectivity index (χ0v) is 15.9. The van der Waals surface area contributed by atoms with E-state index in [4.69, 9.17) is 0 Å². The molecule has 6 nitrogen and oxygen atoms in total. The van der Waals surface area contributed by atoms with Crippen LogP contribution in [0.15, 0.2) is 47.5 Å². The van der Waals surface area contributed by atoms with Crippen LogP contribution in [0.4, 0.5) is 13.2 Å². The van der Waals surface area contributed by atoms with Crippen molar-refractivity contribution < 1.29 is 26.7 Å². The van der Waals surface area contributed by atoms with Crippen molar-refractivity contribution in [2.45, 2.75) is 42.5 Å². The third-order valence-electron chi connectivity index (χ3n) is 5.10. The Kier molecular flexibility index (Phi) is 4.88. The number of aliphatic hydroxyl groups is 1. The molecule has 29 heavy (non-hydrogen) atoms. The summed E-state index contributed by atoms with van der Waals surface area (Å²) in [6.45, 7) is 0. The SMILES string of the molecule is O=S(=O)(N[C@@H]1CCC[C@H]1O)c1ccc(-c2ccnc3[nH]c(C(F)(F)F)cc23)cc1. The van der Waals surface area contributed by atoms with Crippen molar-refractivity contribution in [3.05, 3.63) is 48.3 Å². The first-order chi connectivity index (χ1) is 13.6. The van der Waals surface area contributed by atoms with Gasteiger partial charge in [-0.05, 0) is 54.7 Å². The molecule has 0 saturated heterocycles. The summed E-state index contributed by atoms with van der Waals surface area (Å²) in [4.78, 5) is 6.22. The van der Waals surface area contributed by atoms with Gasteiger partial charge in [0.15, 0.2) is 0 Å². The third kappa shape index (κ3) is 3.87. The van der Waals surface area contributed by atoms with Crippen molar-refractivity contribution >= 4 is 21.1 Å². The summed E-state index contributed by atoms with van der Waals surface area (Å²) in [7, 11) is -3.81. The lowest BCUT2D eigenvalue weighted by Gasteiger charge is -2.16. The summed E-state index contributed by atoms with van der Waals surface area (Å²) in [5.41, 5.74) is 0.268. The van der Waals surface area contributed by atoms with Crippen LogP contribution in [0, 0.1) is 0 Å². The van der Waals surface area contributed by atoms with E-state index in [-0.39, 0.29) is 10.5 Å². The van der Waals surface area contributed by atoms with E-state index < -0.39 is 34.0 Å². The normalized spacial score (nSPS) is 20.4. The van der Waals surface area contributed by atoms with Gasteiger partial charge in [-0.3, -0.25) is 0 Å². The van der Waals surface area contributed by atoms with Crippen LogP contribution < -0.4 is 4.72 Å². The number of benzene rings is 1. The number of nitrogens with one attached hydrogen (secondary N) is 2. The van der Waals surface area contributed by atoms with Gasteiger partial charge >= 0.3 is 6.18 Å². The van der Waals surface area contributed by atoms with E-state index in [0.717, 1.165) is 12.5 Å². The van der Waals surface area contributed by atoms with Crippen molar-refractivity contribution in [3.63, 3.8) is 0 Å². The van der Waals surface area contributed by atoms with Crippen LogP contribution in [0.1, 0.15) is 25.0 Å². The predicted octanol–water partition coefficient (Wildman–Crippen LogP) is 3.44. The van der Waals surface area contributed by atoms with Gasteiger partial charge in [0.05, 0.1) is 11.0 Å². The highest BCUT2D eigenvalue weighted by Gasteiger charge is 2.33. The number of nitrogens with zero attached hydrogens (tertiary/aromatic N) is 1. The molecule has 1 saturated carbocycles. The summed E-state index contributed by atoms with van der Waals surface area (Å²) in [6, 6.07) is 7.91. The second-order valence-corrected chi connectivity index (χ2v) is 8.77. The van der Waals surface area contributed by atoms with Gasteiger partial charge in [-0.25, -0.2) is 18.1 Å². The molecule has 3 N–H and O–H groups in total. The largest absolute Gasteiger partial charge is 0.431 e. The lowest BCUT2D eigenvalue weighted by molar-refractivity contribution is -0.140. The molecular weight excluding hydrogens is 407 g/mol. The fourth-order valence-corrected chi connectivity index (χ4v) is 4.89. The minimum absolute atomic E-state index is 0.0238. The Morgan fingerprint density at radius 2 is 1.86 bits per heavy atom. The van der Waals surface area contributed by atoms with Gasteiger partial charge in [-0.2, -0.15) is 13.2 Å². The maximum Gasteiger partial charge on any atom is 0.431 e. The Hall–Kier alpha value is -2.43. The smallest absolute Gasteiger partial charge is 0.391 e. The number of rotatable bonds is 4. The van der Waals surface area contributed by atoms with E-state index in [0.29, 0.717) is 29.4 Å². The molecular formula is C19H18F3N3O3S. The fraction of sp³-hybridized carbons (Fsp3) is 0.316. The number of aromatic amines is 1. The summed E-state index contributed by atoms with van der Waals surface area (Å²) in [5.74, 6) is 0. The van der Waals surface area contributed by atoms with Crippen molar-refractivity contribution in [1.82, 2.24) is 14.7 Å². The number of pyridine rings is 1.